The van der Waals surface area contributed by atoms with Crippen molar-refractivity contribution < 1.29 is 4.39 Å². The van der Waals surface area contributed by atoms with E-state index in [2.05, 4.69) is 33.1 Å². The smallest absolute Gasteiger partial charge is 0.137 e. The SMILES string of the molecule is CCC[C@@H](c1cccc(F)c1Br)N1CCNCC1. The lowest BCUT2D eigenvalue weighted by molar-refractivity contribution is 0.164. The van der Waals surface area contributed by atoms with Crippen molar-refractivity contribution in [2.75, 3.05) is 26.2 Å². The van der Waals surface area contributed by atoms with Gasteiger partial charge < -0.3 is 5.32 Å². The van der Waals surface area contributed by atoms with E-state index in [0.29, 0.717) is 10.5 Å². The van der Waals surface area contributed by atoms with Crippen LogP contribution in [0.1, 0.15) is 31.4 Å². The Balaban J connectivity index is 2.25. The molecule has 0 amide bonds. The molecule has 4 heteroatoms. The monoisotopic (exact) mass is 314 g/mol. The van der Waals surface area contributed by atoms with Crippen LogP contribution in [0.25, 0.3) is 0 Å². The van der Waals surface area contributed by atoms with Gasteiger partial charge in [0.25, 0.3) is 0 Å². The summed E-state index contributed by atoms with van der Waals surface area (Å²) in [4.78, 5) is 2.46. The molecule has 1 saturated heterocycles. The molecular formula is C14H20BrFN2. The summed E-state index contributed by atoms with van der Waals surface area (Å²) in [6.07, 6.45) is 2.18. The van der Waals surface area contributed by atoms with Gasteiger partial charge in [0, 0.05) is 32.2 Å². The van der Waals surface area contributed by atoms with Gasteiger partial charge in [0.1, 0.15) is 5.82 Å². The van der Waals surface area contributed by atoms with E-state index in [1.807, 2.05) is 6.07 Å². The quantitative estimate of drug-likeness (QED) is 0.917. The molecule has 0 aromatic heterocycles. The van der Waals surface area contributed by atoms with E-state index in [-0.39, 0.29) is 5.82 Å². The topological polar surface area (TPSA) is 15.3 Å². The van der Waals surface area contributed by atoms with E-state index in [0.717, 1.165) is 44.6 Å². The van der Waals surface area contributed by atoms with E-state index in [1.165, 1.54) is 6.07 Å². The van der Waals surface area contributed by atoms with Crippen molar-refractivity contribution in [3.05, 3.63) is 34.1 Å². The van der Waals surface area contributed by atoms with Crippen LogP contribution < -0.4 is 5.32 Å². The van der Waals surface area contributed by atoms with Crippen LogP contribution >= 0.6 is 15.9 Å². The molecule has 0 saturated carbocycles. The molecule has 1 N–H and O–H groups in total. The molecule has 0 spiro atoms. The first kappa shape index (κ1) is 14.0. The molecule has 2 nitrogen and oxygen atoms in total. The maximum atomic E-state index is 13.7. The highest BCUT2D eigenvalue weighted by Crippen LogP contribution is 2.33. The molecule has 1 heterocycles. The summed E-state index contributed by atoms with van der Waals surface area (Å²) in [5, 5.41) is 3.36. The van der Waals surface area contributed by atoms with Gasteiger partial charge in [-0.25, -0.2) is 4.39 Å². The van der Waals surface area contributed by atoms with Crippen molar-refractivity contribution in [3.8, 4) is 0 Å². The molecule has 1 aromatic carbocycles. The van der Waals surface area contributed by atoms with Crippen LogP contribution in [0.15, 0.2) is 22.7 Å². The molecule has 1 atom stereocenters. The Kier molecular flexibility index (Phi) is 5.15. The first-order valence-electron chi connectivity index (χ1n) is 6.62. The number of piperazine rings is 1. The van der Waals surface area contributed by atoms with Crippen molar-refractivity contribution in [2.24, 2.45) is 0 Å². The Labute approximate surface area is 117 Å². The fourth-order valence-corrected chi connectivity index (χ4v) is 3.11. The molecule has 0 aliphatic carbocycles. The summed E-state index contributed by atoms with van der Waals surface area (Å²) >= 11 is 3.40. The maximum Gasteiger partial charge on any atom is 0.137 e. The van der Waals surface area contributed by atoms with Crippen molar-refractivity contribution in [3.63, 3.8) is 0 Å². The first-order valence-corrected chi connectivity index (χ1v) is 7.42. The third-order valence-electron chi connectivity index (χ3n) is 3.49. The third-order valence-corrected chi connectivity index (χ3v) is 4.33. The molecule has 1 aliphatic rings. The normalized spacial score (nSPS) is 18.8. The fourth-order valence-electron chi connectivity index (χ4n) is 2.58. The minimum absolute atomic E-state index is 0.163. The average molecular weight is 315 g/mol. The minimum atomic E-state index is -0.163. The second kappa shape index (κ2) is 6.64. The van der Waals surface area contributed by atoms with Gasteiger partial charge in [0.05, 0.1) is 4.47 Å². The molecule has 2 rings (SSSR count). The molecule has 0 unspecified atom stereocenters. The molecule has 0 radical (unpaired) electrons. The second-order valence-electron chi connectivity index (χ2n) is 4.73. The zero-order valence-corrected chi connectivity index (χ0v) is 12.3. The van der Waals surface area contributed by atoms with Gasteiger partial charge in [0.15, 0.2) is 0 Å². The van der Waals surface area contributed by atoms with Crippen LogP contribution in [0.2, 0.25) is 0 Å². The number of halogens is 2. The predicted molar refractivity (Wildman–Crippen MR) is 76.2 cm³/mol. The maximum absolute atomic E-state index is 13.7. The van der Waals surface area contributed by atoms with Gasteiger partial charge in [-0.3, -0.25) is 4.90 Å². The van der Waals surface area contributed by atoms with Crippen LogP contribution in [0.5, 0.6) is 0 Å². The zero-order valence-electron chi connectivity index (χ0n) is 10.8. The number of rotatable bonds is 4. The Morgan fingerprint density at radius 2 is 2.11 bits per heavy atom. The van der Waals surface area contributed by atoms with Crippen LogP contribution in [-0.2, 0) is 0 Å². The second-order valence-corrected chi connectivity index (χ2v) is 5.53. The molecule has 18 heavy (non-hydrogen) atoms. The lowest BCUT2D eigenvalue weighted by Crippen LogP contribution is -2.45. The summed E-state index contributed by atoms with van der Waals surface area (Å²) < 4.78 is 14.3. The van der Waals surface area contributed by atoms with Crippen molar-refractivity contribution >= 4 is 15.9 Å². The third kappa shape index (κ3) is 3.11. The van der Waals surface area contributed by atoms with Crippen molar-refractivity contribution in [1.29, 1.82) is 0 Å². The highest BCUT2D eigenvalue weighted by Gasteiger charge is 2.23. The van der Waals surface area contributed by atoms with Crippen LogP contribution in [-0.4, -0.2) is 31.1 Å². The Morgan fingerprint density at radius 1 is 1.39 bits per heavy atom. The Hall–Kier alpha value is -0.450. The largest absolute Gasteiger partial charge is 0.314 e. The fraction of sp³-hybridized carbons (Fsp3) is 0.571. The summed E-state index contributed by atoms with van der Waals surface area (Å²) in [7, 11) is 0. The number of benzene rings is 1. The number of hydrogen-bond donors (Lipinski definition) is 1. The van der Waals surface area contributed by atoms with Gasteiger partial charge in [-0.2, -0.15) is 0 Å². The van der Waals surface area contributed by atoms with Gasteiger partial charge in [-0.1, -0.05) is 25.5 Å². The molecule has 0 bridgehead atoms. The van der Waals surface area contributed by atoms with Crippen molar-refractivity contribution in [2.45, 2.75) is 25.8 Å². The summed E-state index contributed by atoms with van der Waals surface area (Å²) in [5.41, 5.74) is 1.08. The highest BCUT2D eigenvalue weighted by atomic mass is 79.9. The summed E-state index contributed by atoms with van der Waals surface area (Å²) in [5.74, 6) is -0.163. The Morgan fingerprint density at radius 3 is 2.78 bits per heavy atom. The molecule has 1 aromatic rings. The average Bonchev–Trinajstić information content (AvgIpc) is 2.41. The summed E-state index contributed by atoms with van der Waals surface area (Å²) in [6, 6.07) is 5.67. The number of nitrogens with one attached hydrogen (secondary N) is 1. The zero-order chi connectivity index (χ0) is 13.0. The van der Waals surface area contributed by atoms with Crippen LogP contribution in [0.4, 0.5) is 4.39 Å². The Bertz CT molecular complexity index is 391. The van der Waals surface area contributed by atoms with Gasteiger partial charge in [-0.05, 0) is 34.0 Å². The summed E-state index contributed by atoms with van der Waals surface area (Å²) in [6.45, 7) is 6.30. The number of hydrogen-bond acceptors (Lipinski definition) is 2. The first-order chi connectivity index (χ1) is 8.74. The van der Waals surface area contributed by atoms with E-state index >= 15 is 0 Å². The number of nitrogens with zero attached hydrogens (tertiary/aromatic N) is 1. The van der Waals surface area contributed by atoms with Crippen LogP contribution in [0, 0.1) is 5.82 Å². The van der Waals surface area contributed by atoms with E-state index in [1.54, 1.807) is 6.07 Å². The van der Waals surface area contributed by atoms with Gasteiger partial charge in [0.2, 0.25) is 0 Å². The predicted octanol–water partition coefficient (Wildman–Crippen LogP) is 3.33. The van der Waals surface area contributed by atoms with E-state index in [9.17, 15) is 4.39 Å². The molecule has 100 valence electrons. The highest BCUT2D eigenvalue weighted by molar-refractivity contribution is 9.10. The van der Waals surface area contributed by atoms with Gasteiger partial charge >= 0.3 is 0 Å². The molecule has 1 fully saturated rings. The van der Waals surface area contributed by atoms with E-state index in [4.69, 9.17) is 0 Å². The standard InChI is InChI=1S/C14H20BrFN2/c1-2-4-13(18-9-7-17-8-10-18)11-5-3-6-12(16)14(11)15/h3,5-6,13,17H,2,4,7-10H2,1H3/t13-/m0/s1. The van der Waals surface area contributed by atoms with Crippen molar-refractivity contribution in [1.82, 2.24) is 10.2 Å². The lowest BCUT2D eigenvalue weighted by atomic mass is 10.00. The lowest BCUT2D eigenvalue weighted by Gasteiger charge is -2.35. The van der Waals surface area contributed by atoms with Crippen LogP contribution in [0.3, 0.4) is 0 Å². The minimum Gasteiger partial charge on any atom is -0.314 e. The molecule has 1 aliphatic heterocycles. The van der Waals surface area contributed by atoms with E-state index < -0.39 is 0 Å². The van der Waals surface area contributed by atoms with Gasteiger partial charge in [-0.15, -0.1) is 0 Å². The molecular weight excluding hydrogens is 295 g/mol.